The molecule has 0 amide bonds. The molecule has 1 aliphatic rings. The molecule has 0 unspecified atom stereocenters. The quantitative estimate of drug-likeness (QED) is 0.835. The van der Waals surface area contributed by atoms with E-state index >= 15 is 0 Å². The van der Waals surface area contributed by atoms with Gasteiger partial charge >= 0.3 is 0 Å². The Morgan fingerprint density at radius 1 is 1.24 bits per heavy atom. The van der Waals surface area contributed by atoms with Gasteiger partial charge in [-0.05, 0) is 24.1 Å². The fourth-order valence-corrected chi connectivity index (χ4v) is 3.24. The van der Waals surface area contributed by atoms with Gasteiger partial charge < -0.3 is 10.4 Å². The number of rotatable bonds is 5. The zero-order valence-corrected chi connectivity index (χ0v) is 13.8. The maximum absolute atomic E-state index is 11.5. The van der Waals surface area contributed by atoms with Gasteiger partial charge in [0, 0.05) is 45.1 Å². The maximum atomic E-state index is 11.5. The van der Waals surface area contributed by atoms with Crippen molar-refractivity contribution in [3.8, 4) is 0 Å². The molecule has 1 saturated heterocycles. The number of hydrogen-bond acceptors (Lipinski definition) is 5. The Labute approximate surface area is 132 Å². The summed E-state index contributed by atoms with van der Waals surface area (Å²) in [5.74, 6) is 0. The fourth-order valence-electron chi connectivity index (χ4n) is 2.61. The molecule has 2 N–H and O–H groups in total. The van der Waals surface area contributed by atoms with Crippen molar-refractivity contribution < 1.29 is 13.5 Å². The summed E-state index contributed by atoms with van der Waals surface area (Å²) in [6.07, 6.45) is 1.88. The minimum Gasteiger partial charge on any atom is -0.396 e. The van der Waals surface area contributed by atoms with Gasteiger partial charge in [-0.15, -0.1) is 12.4 Å². The van der Waals surface area contributed by atoms with Crippen LogP contribution < -0.4 is 5.32 Å². The predicted molar refractivity (Wildman–Crippen MR) is 85.7 cm³/mol. The summed E-state index contributed by atoms with van der Waals surface area (Å²) in [7, 11) is -3.16. The summed E-state index contributed by atoms with van der Waals surface area (Å²) in [6.45, 7) is 3.91. The lowest BCUT2D eigenvalue weighted by molar-refractivity contribution is 0.141. The summed E-state index contributed by atoms with van der Waals surface area (Å²) in [6, 6.07) is 7.17. The van der Waals surface area contributed by atoms with E-state index in [1.165, 1.54) is 6.26 Å². The lowest BCUT2D eigenvalue weighted by atomic mass is 10.0. The Morgan fingerprint density at radius 2 is 1.81 bits per heavy atom. The average Bonchev–Trinajstić information content (AvgIpc) is 2.45. The van der Waals surface area contributed by atoms with Crippen LogP contribution in [-0.2, 0) is 9.84 Å². The standard InChI is InChI=1S/C14H22N2O3S.ClH/c1-20(18,19)13-4-2-12(3-5-13)14(6-11-17)16-9-7-15-8-10-16;/h2-5,14-15,17H,6-11H2,1H3;1H/t14-;/m0./s1. The van der Waals surface area contributed by atoms with Crippen LogP contribution in [0.1, 0.15) is 18.0 Å². The topological polar surface area (TPSA) is 69.6 Å². The lowest BCUT2D eigenvalue weighted by Crippen LogP contribution is -2.45. The van der Waals surface area contributed by atoms with Gasteiger partial charge in [-0.2, -0.15) is 0 Å². The number of aliphatic hydroxyl groups excluding tert-OH is 1. The first-order chi connectivity index (χ1) is 9.52. The molecule has 0 radical (unpaired) electrons. The summed E-state index contributed by atoms with van der Waals surface area (Å²) < 4.78 is 23.0. The van der Waals surface area contributed by atoms with E-state index in [-0.39, 0.29) is 25.1 Å². The van der Waals surface area contributed by atoms with Crippen molar-refractivity contribution in [3.63, 3.8) is 0 Å². The van der Waals surface area contributed by atoms with E-state index in [0.29, 0.717) is 11.3 Å². The Morgan fingerprint density at radius 3 is 2.29 bits per heavy atom. The molecule has 1 atom stereocenters. The number of aliphatic hydroxyl groups is 1. The minimum absolute atomic E-state index is 0. The highest BCUT2D eigenvalue weighted by Crippen LogP contribution is 2.25. The number of piperazine rings is 1. The van der Waals surface area contributed by atoms with E-state index < -0.39 is 9.84 Å². The van der Waals surface area contributed by atoms with Crippen LogP contribution in [0.2, 0.25) is 0 Å². The second kappa shape index (κ2) is 8.10. The highest BCUT2D eigenvalue weighted by atomic mass is 35.5. The molecule has 0 spiro atoms. The molecule has 0 saturated carbocycles. The van der Waals surface area contributed by atoms with Crippen LogP contribution in [0.25, 0.3) is 0 Å². The second-order valence-electron chi connectivity index (χ2n) is 5.16. The van der Waals surface area contributed by atoms with Crippen LogP contribution in [0.5, 0.6) is 0 Å². The molecule has 120 valence electrons. The van der Waals surface area contributed by atoms with Crippen molar-refractivity contribution in [2.75, 3.05) is 39.0 Å². The van der Waals surface area contributed by atoms with E-state index in [1.807, 2.05) is 12.1 Å². The number of sulfone groups is 1. The average molecular weight is 335 g/mol. The molecule has 21 heavy (non-hydrogen) atoms. The Kier molecular flexibility index (Phi) is 7.09. The summed E-state index contributed by atoms with van der Waals surface area (Å²) in [5, 5.41) is 12.6. The molecule has 1 fully saturated rings. The van der Waals surface area contributed by atoms with Crippen LogP contribution in [0.4, 0.5) is 0 Å². The van der Waals surface area contributed by atoms with Gasteiger partial charge in [-0.25, -0.2) is 8.42 Å². The normalized spacial score (nSPS) is 18.0. The fraction of sp³-hybridized carbons (Fsp3) is 0.571. The smallest absolute Gasteiger partial charge is 0.175 e. The van der Waals surface area contributed by atoms with Gasteiger partial charge in [-0.3, -0.25) is 4.90 Å². The predicted octanol–water partition coefficient (Wildman–Crippen LogP) is 0.841. The van der Waals surface area contributed by atoms with Gasteiger partial charge in [0.25, 0.3) is 0 Å². The molecule has 0 bridgehead atoms. The van der Waals surface area contributed by atoms with Crippen molar-refractivity contribution in [1.29, 1.82) is 0 Å². The monoisotopic (exact) mass is 334 g/mol. The van der Waals surface area contributed by atoms with Gasteiger partial charge in [0.2, 0.25) is 0 Å². The van der Waals surface area contributed by atoms with E-state index in [1.54, 1.807) is 12.1 Å². The van der Waals surface area contributed by atoms with Crippen molar-refractivity contribution in [3.05, 3.63) is 29.8 Å². The molecule has 0 aliphatic carbocycles. The molecule has 0 aromatic heterocycles. The Balaban J connectivity index is 0.00000220. The molecule has 1 aromatic carbocycles. The molecule has 1 heterocycles. The van der Waals surface area contributed by atoms with Crippen LogP contribution in [0, 0.1) is 0 Å². The molecular formula is C14H23ClN2O3S. The van der Waals surface area contributed by atoms with Gasteiger partial charge in [0.05, 0.1) is 4.90 Å². The largest absolute Gasteiger partial charge is 0.396 e. The third kappa shape index (κ3) is 4.93. The SMILES string of the molecule is CS(=O)(=O)c1ccc([C@H](CCO)N2CCNCC2)cc1.Cl. The molecule has 1 aliphatic heterocycles. The van der Waals surface area contributed by atoms with E-state index in [0.717, 1.165) is 31.7 Å². The van der Waals surface area contributed by atoms with Crippen LogP contribution >= 0.6 is 12.4 Å². The highest BCUT2D eigenvalue weighted by molar-refractivity contribution is 7.90. The van der Waals surface area contributed by atoms with Crippen molar-refractivity contribution in [1.82, 2.24) is 10.2 Å². The number of nitrogens with zero attached hydrogens (tertiary/aromatic N) is 1. The van der Waals surface area contributed by atoms with Crippen LogP contribution in [0.15, 0.2) is 29.2 Å². The number of hydrogen-bond donors (Lipinski definition) is 2. The Bertz CT molecular complexity index is 528. The third-order valence-electron chi connectivity index (χ3n) is 3.69. The van der Waals surface area contributed by atoms with Crippen molar-refractivity contribution >= 4 is 22.2 Å². The highest BCUT2D eigenvalue weighted by Gasteiger charge is 2.22. The minimum atomic E-state index is -3.16. The third-order valence-corrected chi connectivity index (χ3v) is 4.82. The molecule has 2 rings (SSSR count). The van der Waals surface area contributed by atoms with Crippen molar-refractivity contribution in [2.24, 2.45) is 0 Å². The first-order valence-electron chi connectivity index (χ1n) is 6.88. The van der Waals surface area contributed by atoms with E-state index in [2.05, 4.69) is 10.2 Å². The zero-order valence-electron chi connectivity index (χ0n) is 12.2. The van der Waals surface area contributed by atoms with Gasteiger partial charge in [-0.1, -0.05) is 12.1 Å². The summed E-state index contributed by atoms with van der Waals surface area (Å²) >= 11 is 0. The molecule has 7 heteroatoms. The zero-order chi connectivity index (χ0) is 14.6. The number of nitrogens with one attached hydrogen (secondary N) is 1. The van der Waals surface area contributed by atoms with Gasteiger partial charge in [0.15, 0.2) is 9.84 Å². The van der Waals surface area contributed by atoms with Gasteiger partial charge in [0.1, 0.15) is 0 Å². The first-order valence-corrected chi connectivity index (χ1v) is 8.77. The van der Waals surface area contributed by atoms with Crippen LogP contribution in [-0.4, -0.2) is 57.5 Å². The molecule has 5 nitrogen and oxygen atoms in total. The number of benzene rings is 1. The first kappa shape index (κ1) is 18.4. The summed E-state index contributed by atoms with van der Waals surface area (Å²) in [5.41, 5.74) is 1.06. The van der Waals surface area contributed by atoms with Crippen molar-refractivity contribution in [2.45, 2.75) is 17.4 Å². The summed E-state index contributed by atoms with van der Waals surface area (Å²) in [4.78, 5) is 2.67. The molecule has 1 aromatic rings. The lowest BCUT2D eigenvalue weighted by Gasteiger charge is -2.35. The van der Waals surface area contributed by atoms with E-state index in [9.17, 15) is 13.5 Å². The van der Waals surface area contributed by atoms with Crippen LogP contribution in [0.3, 0.4) is 0 Å². The maximum Gasteiger partial charge on any atom is 0.175 e. The Hall–Kier alpha value is -0.660. The van der Waals surface area contributed by atoms with E-state index in [4.69, 9.17) is 0 Å². The number of halogens is 1. The molecular weight excluding hydrogens is 312 g/mol. The second-order valence-corrected chi connectivity index (χ2v) is 7.17.